The fraction of sp³-hybridized carbons (Fsp3) is 0.227. The first kappa shape index (κ1) is 16.0. The van der Waals surface area contributed by atoms with Crippen LogP contribution in [0, 0.1) is 6.92 Å². The van der Waals surface area contributed by atoms with E-state index in [1.807, 2.05) is 54.4 Å². The molecule has 2 aromatic carbocycles. The van der Waals surface area contributed by atoms with Crippen LogP contribution in [0.15, 0.2) is 70.2 Å². The number of hydrogen-bond acceptors (Lipinski definition) is 5. The number of hydrazone groups is 1. The zero-order valence-electron chi connectivity index (χ0n) is 15.3. The molecule has 2 aliphatic heterocycles. The summed E-state index contributed by atoms with van der Waals surface area (Å²) in [4.78, 5) is 0. The molecule has 0 amide bonds. The third kappa shape index (κ3) is 2.67. The lowest BCUT2D eigenvalue weighted by atomic mass is 9.96. The van der Waals surface area contributed by atoms with Gasteiger partial charge in [0.15, 0.2) is 5.76 Å². The van der Waals surface area contributed by atoms with E-state index in [9.17, 15) is 0 Å². The van der Waals surface area contributed by atoms with Crippen molar-refractivity contribution < 1.29 is 13.9 Å². The molecule has 0 spiro atoms. The Kier molecular flexibility index (Phi) is 3.67. The first-order valence-electron chi connectivity index (χ1n) is 9.05. The number of para-hydroxylation sites is 1. The maximum absolute atomic E-state index is 6.27. The molecule has 0 N–H and O–H groups in total. The van der Waals surface area contributed by atoms with Crippen LogP contribution in [0.3, 0.4) is 0 Å². The summed E-state index contributed by atoms with van der Waals surface area (Å²) in [5.41, 5.74) is 3.29. The Bertz CT molecular complexity index is 1010. The van der Waals surface area contributed by atoms with Gasteiger partial charge in [-0.25, -0.2) is 5.01 Å². The van der Waals surface area contributed by atoms with Crippen LogP contribution < -0.4 is 9.47 Å². The summed E-state index contributed by atoms with van der Waals surface area (Å²) in [6, 6.07) is 20.3. The number of ether oxygens (including phenoxy) is 2. The third-order valence-electron chi connectivity index (χ3n) is 5.13. The van der Waals surface area contributed by atoms with Crippen molar-refractivity contribution in [3.63, 3.8) is 0 Å². The number of nitrogens with zero attached hydrogens (tertiary/aromatic N) is 2. The maximum atomic E-state index is 6.27. The SMILES string of the molecule is COc1ccc(C2=NN3C(C2)c2ccccc2OC3c2ccc(C)o2)cc1. The summed E-state index contributed by atoms with van der Waals surface area (Å²) >= 11 is 0. The highest BCUT2D eigenvalue weighted by Gasteiger charge is 2.42. The van der Waals surface area contributed by atoms with Gasteiger partial charge in [-0.1, -0.05) is 18.2 Å². The topological polar surface area (TPSA) is 47.2 Å². The fourth-order valence-corrected chi connectivity index (χ4v) is 3.77. The van der Waals surface area contributed by atoms with E-state index in [1.165, 1.54) is 0 Å². The zero-order chi connectivity index (χ0) is 18.4. The average molecular weight is 360 g/mol. The lowest BCUT2D eigenvalue weighted by molar-refractivity contribution is -0.0329. The minimum atomic E-state index is -0.366. The lowest BCUT2D eigenvalue weighted by Crippen LogP contribution is -2.33. The van der Waals surface area contributed by atoms with Crippen LogP contribution in [-0.2, 0) is 0 Å². The van der Waals surface area contributed by atoms with Gasteiger partial charge in [-0.15, -0.1) is 0 Å². The number of hydrogen-bond donors (Lipinski definition) is 0. The van der Waals surface area contributed by atoms with Crippen LogP contribution in [-0.4, -0.2) is 17.8 Å². The average Bonchev–Trinajstić information content (AvgIpc) is 3.34. The summed E-state index contributed by atoms with van der Waals surface area (Å²) in [6.45, 7) is 1.94. The zero-order valence-corrected chi connectivity index (χ0v) is 15.3. The van der Waals surface area contributed by atoms with E-state index in [1.54, 1.807) is 7.11 Å². The van der Waals surface area contributed by atoms with Crippen molar-refractivity contribution in [2.24, 2.45) is 5.10 Å². The van der Waals surface area contributed by atoms with Crippen molar-refractivity contribution in [1.82, 2.24) is 5.01 Å². The standard InChI is InChI=1S/C22H20N2O3/c1-14-7-12-21(26-14)22-24-19(17-5-3-4-6-20(17)27-22)13-18(23-24)15-8-10-16(25-2)11-9-15/h3-12,19,22H,13H2,1-2H3. The predicted octanol–water partition coefficient (Wildman–Crippen LogP) is 4.84. The van der Waals surface area contributed by atoms with Crippen molar-refractivity contribution in [3.8, 4) is 11.5 Å². The van der Waals surface area contributed by atoms with Gasteiger partial charge in [0, 0.05) is 12.0 Å². The summed E-state index contributed by atoms with van der Waals surface area (Å²) < 4.78 is 17.4. The van der Waals surface area contributed by atoms with E-state index in [0.717, 1.165) is 46.3 Å². The van der Waals surface area contributed by atoms with Gasteiger partial charge in [0.2, 0.25) is 6.23 Å². The summed E-state index contributed by atoms with van der Waals surface area (Å²) in [5, 5.41) is 6.95. The Morgan fingerprint density at radius 3 is 2.59 bits per heavy atom. The second-order valence-electron chi connectivity index (χ2n) is 6.83. The van der Waals surface area contributed by atoms with Crippen LogP contribution >= 0.6 is 0 Å². The van der Waals surface area contributed by atoms with Gasteiger partial charge in [0.05, 0.1) is 18.9 Å². The van der Waals surface area contributed by atoms with Gasteiger partial charge in [-0.3, -0.25) is 0 Å². The molecular formula is C22H20N2O3. The quantitative estimate of drug-likeness (QED) is 0.671. The summed E-state index contributed by atoms with van der Waals surface area (Å²) in [7, 11) is 1.67. The van der Waals surface area contributed by atoms with E-state index in [0.29, 0.717) is 0 Å². The predicted molar refractivity (Wildman–Crippen MR) is 102 cm³/mol. The van der Waals surface area contributed by atoms with Crippen LogP contribution in [0.2, 0.25) is 0 Å². The molecular weight excluding hydrogens is 340 g/mol. The first-order chi connectivity index (χ1) is 13.2. The molecule has 2 atom stereocenters. The number of aryl methyl sites for hydroxylation is 1. The minimum Gasteiger partial charge on any atom is -0.497 e. The maximum Gasteiger partial charge on any atom is 0.246 e. The molecule has 0 saturated carbocycles. The van der Waals surface area contributed by atoms with Gasteiger partial charge < -0.3 is 13.9 Å². The monoisotopic (exact) mass is 360 g/mol. The Hall–Kier alpha value is -3.21. The van der Waals surface area contributed by atoms with Gasteiger partial charge in [0.25, 0.3) is 0 Å². The van der Waals surface area contributed by atoms with Crippen LogP contribution in [0.25, 0.3) is 0 Å². The summed E-state index contributed by atoms with van der Waals surface area (Å²) in [5.74, 6) is 3.37. The highest BCUT2D eigenvalue weighted by atomic mass is 16.5. The Morgan fingerprint density at radius 2 is 1.85 bits per heavy atom. The van der Waals surface area contributed by atoms with E-state index in [2.05, 4.69) is 18.2 Å². The van der Waals surface area contributed by atoms with Crippen molar-refractivity contribution in [3.05, 3.63) is 83.3 Å². The van der Waals surface area contributed by atoms with Crippen molar-refractivity contribution >= 4 is 5.71 Å². The smallest absolute Gasteiger partial charge is 0.246 e. The number of fused-ring (bicyclic) bond motifs is 3. The third-order valence-corrected chi connectivity index (χ3v) is 5.13. The Labute approximate surface area is 157 Å². The van der Waals surface area contributed by atoms with Crippen LogP contribution in [0.4, 0.5) is 0 Å². The fourth-order valence-electron chi connectivity index (χ4n) is 3.77. The van der Waals surface area contributed by atoms with Gasteiger partial charge in [-0.05, 0) is 55.0 Å². The molecule has 2 unspecified atom stereocenters. The molecule has 0 saturated heterocycles. The second-order valence-corrected chi connectivity index (χ2v) is 6.83. The van der Waals surface area contributed by atoms with E-state index in [-0.39, 0.29) is 12.3 Å². The molecule has 2 aliphatic rings. The molecule has 3 heterocycles. The summed E-state index contributed by atoms with van der Waals surface area (Å²) in [6.07, 6.45) is 0.456. The van der Waals surface area contributed by atoms with Crippen molar-refractivity contribution in [2.45, 2.75) is 25.6 Å². The molecule has 1 aromatic heterocycles. The number of rotatable bonds is 3. The van der Waals surface area contributed by atoms with E-state index < -0.39 is 0 Å². The molecule has 5 heteroatoms. The molecule has 0 radical (unpaired) electrons. The van der Waals surface area contributed by atoms with Gasteiger partial charge in [-0.2, -0.15) is 5.10 Å². The molecule has 3 aromatic rings. The van der Waals surface area contributed by atoms with Crippen molar-refractivity contribution in [1.29, 1.82) is 0 Å². The van der Waals surface area contributed by atoms with Gasteiger partial charge in [0.1, 0.15) is 17.3 Å². The molecule has 27 heavy (non-hydrogen) atoms. The molecule has 0 bridgehead atoms. The van der Waals surface area contributed by atoms with E-state index >= 15 is 0 Å². The minimum absolute atomic E-state index is 0.127. The molecule has 5 nitrogen and oxygen atoms in total. The lowest BCUT2D eigenvalue weighted by Gasteiger charge is -2.36. The first-order valence-corrected chi connectivity index (χ1v) is 9.05. The molecule has 5 rings (SSSR count). The second kappa shape index (κ2) is 6.20. The molecule has 136 valence electrons. The Balaban J connectivity index is 1.56. The Morgan fingerprint density at radius 1 is 1.04 bits per heavy atom. The molecule has 0 fully saturated rings. The number of methoxy groups -OCH3 is 1. The number of furan rings is 1. The normalized spacial score (nSPS) is 20.5. The molecule has 0 aliphatic carbocycles. The highest BCUT2D eigenvalue weighted by Crippen LogP contribution is 2.47. The highest BCUT2D eigenvalue weighted by molar-refractivity contribution is 6.02. The van der Waals surface area contributed by atoms with Crippen LogP contribution in [0.5, 0.6) is 11.5 Å². The van der Waals surface area contributed by atoms with E-state index in [4.69, 9.17) is 19.0 Å². The van der Waals surface area contributed by atoms with Gasteiger partial charge >= 0.3 is 0 Å². The largest absolute Gasteiger partial charge is 0.497 e. The van der Waals surface area contributed by atoms with Crippen molar-refractivity contribution in [2.75, 3.05) is 7.11 Å². The number of benzene rings is 2. The van der Waals surface area contributed by atoms with Crippen LogP contribution in [0.1, 0.15) is 41.3 Å².